The number of nitrogens with one attached hydrogen (secondary N) is 2. The Morgan fingerprint density at radius 2 is 1.62 bits per heavy atom. The first-order valence-corrected chi connectivity index (χ1v) is 6.32. The number of ether oxygens (including phenoxy) is 2. The number of hydrogen-bond donors (Lipinski definition) is 2. The van der Waals surface area contributed by atoms with Crippen molar-refractivity contribution in [3.05, 3.63) is 36.7 Å². The Labute approximate surface area is 132 Å². The predicted octanol–water partition coefficient (Wildman–Crippen LogP) is 3.32. The van der Waals surface area contributed by atoms with Crippen LogP contribution in [0, 0.1) is 0 Å². The minimum absolute atomic E-state index is 0.0689. The van der Waals surface area contributed by atoms with Gasteiger partial charge in [-0.1, -0.05) is 0 Å². The number of halogens is 4. The molecule has 0 atom stereocenters. The fourth-order valence-electron chi connectivity index (χ4n) is 1.56. The summed E-state index contributed by atoms with van der Waals surface area (Å²) in [4.78, 5) is 18.9. The normalized spacial score (nSPS) is 10.6. The van der Waals surface area contributed by atoms with Crippen LogP contribution < -0.4 is 20.1 Å². The van der Waals surface area contributed by atoms with Gasteiger partial charge < -0.3 is 14.8 Å². The molecule has 2 amide bonds. The van der Waals surface area contributed by atoms with Gasteiger partial charge in [0.25, 0.3) is 0 Å². The van der Waals surface area contributed by atoms with Gasteiger partial charge in [0, 0.05) is 11.8 Å². The molecule has 0 aliphatic carbocycles. The lowest BCUT2D eigenvalue weighted by molar-refractivity contribution is -0.0530. The molecule has 2 aromatic rings. The summed E-state index contributed by atoms with van der Waals surface area (Å²) in [5, 5.41) is 4.66. The third-order valence-electron chi connectivity index (χ3n) is 2.43. The number of benzene rings is 1. The van der Waals surface area contributed by atoms with E-state index in [4.69, 9.17) is 0 Å². The quantitative estimate of drug-likeness (QED) is 0.784. The van der Waals surface area contributed by atoms with Crippen molar-refractivity contribution in [3.63, 3.8) is 0 Å². The van der Waals surface area contributed by atoms with Crippen molar-refractivity contribution >= 4 is 17.5 Å². The van der Waals surface area contributed by atoms with Gasteiger partial charge in [-0.3, -0.25) is 5.32 Å². The average Bonchev–Trinajstić information content (AvgIpc) is 2.48. The van der Waals surface area contributed by atoms with Crippen LogP contribution in [0.4, 0.5) is 33.9 Å². The maximum absolute atomic E-state index is 12.1. The molecule has 1 aromatic heterocycles. The standard InChI is InChI=1S/C13H10F4N4O3/c14-11(15)23-8-3-1-7(2-4-8)20-13(22)21-9-5-10(19-6-18-9)24-12(16)17/h1-6,11-12H,(H2,18,19,20,21,22). The summed E-state index contributed by atoms with van der Waals surface area (Å²) in [7, 11) is 0. The van der Waals surface area contributed by atoms with Crippen LogP contribution in [-0.4, -0.2) is 29.2 Å². The van der Waals surface area contributed by atoms with E-state index in [9.17, 15) is 22.4 Å². The average molecular weight is 346 g/mol. The molecule has 2 N–H and O–H groups in total. The smallest absolute Gasteiger partial charge is 0.388 e. The molecular weight excluding hydrogens is 336 g/mol. The highest BCUT2D eigenvalue weighted by Crippen LogP contribution is 2.18. The highest BCUT2D eigenvalue weighted by atomic mass is 19.3. The molecule has 0 bridgehead atoms. The van der Waals surface area contributed by atoms with Crippen LogP contribution in [-0.2, 0) is 0 Å². The first kappa shape index (κ1) is 17.2. The van der Waals surface area contributed by atoms with E-state index in [1.54, 1.807) is 0 Å². The van der Waals surface area contributed by atoms with E-state index in [1.165, 1.54) is 24.3 Å². The van der Waals surface area contributed by atoms with Crippen molar-refractivity contribution in [2.45, 2.75) is 13.2 Å². The van der Waals surface area contributed by atoms with Crippen molar-refractivity contribution in [2.24, 2.45) is 0 Å². The molecule has 0 aliphatic rings. The fraction of sp³-hybridized carbons (Fsp3) is 0.154. The van der Waals surface area contributed by atoms with Gasteiger partial charge >= 0.3 is 19.3 Å². The second-order valence-corrected chi connectivity index (χ2v) is 4.10. The number of aromatic nitrogens is 2. The molecule has 1 aromatic carbocycles. The predicted molar refractivity (Wildman–Crippen MR) is 74.4 cm³/mol. The Morgan fingerprint density at radius 3 is 2.25 bits per heavy atom. The minimum Gasteiger partial charge on any atom is -0.435 e. The summed E-state index contributed by atoms with van der Waals surface area (Å²) in [6, 6.07) is 5.41. The number of urea groups is 1. The van der Waals surface area contributed by atoms with E-state index in [0.29, 0.717) is 0 Å². The zero-order valence-electron chi connectivity index (χ0n) is 11.7. The van der Waals surface area contributed by atoms with E-state index in [1.807, 2.05) is 0 Å². The molecule has 0 radical (unpaired) electrons. The molecule has 2 rings (SSSR count). The molecule has 0 saturated heterocycles. The van der Waals surface area contributed by atoms with Gasteiger partial charge in [0.05, 0.1) is 0 Å². The maximum Gasteiger partial charge on any atom is 0.388 e. The van der Waals surface area contributed by atoms with Gasteiger partial charge in [-0.25, -0.2) is 14.8 Å². The van der Waals surface area contributed by atoms with Gasteiger partial charge in [-0.05, 0) is 24.3 Å². The molecular formula is C13H10F4N4O3. The van der Waals surface area contributed by atoms with Crippen LogP contribution in [0.25, 0.3) is 0 Å². The molecule has 24 heavy (non-hydrogen) atoms. The topological polar surface area (TPSA) is 85.4 Å². The molecule has 7 nitrogen and oxygen atoms in total. The second kappa shape index (κ2) is 7.94. The van der Waals surface area contributed by atoms with Crippen molar-refractivity contribution in [1.82, 2.24) is 9.97 Å². The Morgan fingerprint density at radius 1 is 0.958 bits per heavy atom. The van der Waals surface area contributed by atoms with Crippen LogP contribution in [0.1, 0.15) is 0 Å². The molecule has 0 saturated carbocycles. The van der Waals surface area contributed by atoms with Gasteiger partial charge in [-0.15, -0.1) is 0 Å². The third kappa shape index (κ3) is 5.59. The number of carbonyl (C=O) groups excluding carboxylic acids is 1. The highest BCUT2D eigenvalue weighted by molar-refractivity contribution is 5.99. The lowest BCUT2D eigenvalue weighted by atomic mass is 10.3. The number of hydrogen-bond acceptors (Lipinski definition) is 5. The summed E-state index contributed by atoms with van der Waals surface area (Å²) in [6.45, 7) is -6.01. The summed E-state index contributed by atoms with van der Waals surface area (Å²) >= 11 is 0. The molecule has 0 aliphatic heterocycles. The molecule has 0 spiro atoms. The number of carbonyl (C=O) groups is 1. The Kier molecular flexibility index (Phi) is 5.71. The number of anilines is 2. The van der Waals surface area contributed by atoms with Crippen molar-refractivity contribution < 1.29 is 31.8 Å². The van der Waals surface area contributed by atoms with Crippen LogP contribution in [0.5, 0.6) is 11.6 Å². The monoisotopic (exact) mass is 346 g/mol. The van der Waals surface area contributed by atoms with Crippen LogP contribution in [0.15, 0.2) is 36.7 Å². The lowest BCUT2D eigenvalue weighted by Gasteiger charge is -2.09. The minimum atomic E-state index is -3.06. The van der Waals surface area contributed by atoms with Gasteiger partial charge in [-0.2, -0.15) is 17.6 Å². The van der Waals surface area contributed by atoms with Crippen molar-refractivity contribution in [3.8, 4) is 11.6 Å². The van der Waals surface area contributed by atoms with E-state index in [2.05, 4.69) is 30.1 Å². The van der Waals surface area contributed by atoms with Crippen LogP contribution in [0.2, 0.25) is 0 Å². The second-order valence-electron chi connectivity index (χ2n) is 4.10. The number of amides is 2. The summed E-state index contributed by atoms with van der Waals surface area (Å²) < 4.78 is 56.4. The van der Waals surface area contributed by atoms with Gasteiger partial charge in [0.1, 0.15) is 17.9 Å². The van der Waals surface area contributed by atoms with Crippen LogP contribution in [0.3, 0.4) is 0 Å². The van der Waals surface area contributed by atoms with E-state index >= 15 is 0 Å². The SMILES string of the molecule is O=C(Nc1ccc(OC(F)F)cc1)Nc1cc(OC(F)F)ncn1. The van der Waals surface area contributed by atoms with Crippen LogP contribution >= 0.6 is 0 Å². The van der Waals surface area contributed by atoms with E-state index in [-0.39, 0.29) is 17.3 Å². The van der Waals surface area contributed by atoms with Crippen molar-refractivity contribution in [1.29, 1.82) is 0 Å². The van der Waals surface area contributed by atoms with E-state index in [0.717, 1.165) is 12.4 Å². The van der Waals surface area contributed by atoms with Crippen molar-refractivity contribution in [2.75, 3.05) is 10.6 Å². The number of alkyl halides is 4. The Hall–Kier alpha value is -3.11. The third-order valence-corrected chi connectivity index (χ3v) is 2.43. The summed E-state index contributed by atoms with van der Waals surface area (Å²) in [5.74, 6) is -0.555. The Bertz CT molecular complexity index is 685. The zero-order chi connectivity index (χ0) is 17.5. The largest absolute Gasteiger partial charge is 0.435 e. The Balaban J connectivity index is 1.93. The highest BCUT2D eigenvalue weighted by Gasteiger charge is 2.09. The molecule has 1 heterocycles. The maximum atomic E-state index is 12.1. The summed E-state index contributed by atoms with van der Waals surface area (Å²) in [6.07, 6.45) is 0.934. The number of nitrogens with zero attached hydrogens (tertiary/aromatic N) is 2. The molecule has 0 unspecified atom stereocenters. The lowest BCUT2D eigenvalue weighted by Crippen LogP contribution is -2.20. The number of rotatable bonds is 6. The van der Waals surface area contributed by atoms with Gasteiger partial charge in [0.2, 0.25) is 5.88 Å². The molecule has 128 valence electrons. The van der Waals surface area contributed by atoms with Gasteiger partial charge in [0.15, 0.2) is 0 Å². The zero-order valence-corrected chi connectivity index (χ0v) is 11.7. The molecule has 11 heteroatoms. The first-order valence-electron chi connectivity index (χ1n) is 6.32. The molecule has 0 fully saturated rings. The fourth-order valence-corrected chi connectivity index (χ4v) is 1.56. The van der Waals surface area contributed by atoms with E-state index < -0.39 is 25.1 Å². The first-order chi connectivity index (χ1) is 11.4. The summed E-state index contributed by atoms with van der Waals surface area (Å²) in [5.41, 5.74) is 0.284.